The summed E-state index contributed by atoms with van der Waals surface area (Å²) in [5, 5.41) is 0.629. The van der Waals surface area contributed by atoms with Gasteiger partial charge in [-0.3, -0.25) is 4.79 Å². The van der Waals surface area contributed by atoms with Crippen molar-refractivity contribution in [2.45, 2.75) is 32.9 Å². The maximum absolute atomic E-state index is 11.6. The Morgan fingerprint density at radius 3 is 2.82 bits per heavy atom. The molecule has 0 saturated carbocycles. The smallest absolute Gasteiger partial charge is 0.323 e. The third-order valence-corrected chi connectivity index (χ3v) is 3.03. The minimum Gasteiger partial charge on any atom is -0.460 e. The average molecular weight is 256 g/mol. The molecule has 0 saturated heterocycles. The lowest BCUT2D eigenvalue weighted by Gasteiger charge is -2.16. The van der Waals surface area contributed by atoms with E-state index in [2.05, 4.69) is 0 Å². The number of carbonyl (C=O) groups is 1. The van der Waals surface area contributed by atoms with Gasteiger partial charge >= 0.3 is 5.97 Å². The molecular weight excluding hydrogens is 238 g/mol. The van der Waals surface area contributed by atoms with Crippen molar-refractivity contribution in [2.75, 3.05) is 0 Å². The van der Waals surface area contributed by atoms with Gasteiger partial charge in [0.1, 0.15) is 12.6 Å². The molecule has 94 valence electrons. The molecule has 0 spiro atoms. The van der Waals surface area contributed by atoms with Crippen LogP contribution in [0.1, 0.15) is 25.8 Å². The lowest BCUT2D eigenvalue weighted by atomic mass is 10.0. The summed E-state index contributed by atoms with van der Waals surface area (Å²) < 4.78 is 5.15. The predicted molar refractivity (Wildman–Crippen MR) is 68.7 cm³/mol. The summed E-state index contributed by atoms with van der Waals surface area (Å²) in [6.07, 6.45) is 0.855. The third kappa shape index (κ3) is 4.36. The molecular formula is C13H18ClNO2. The molecule has 0 aliphatic carbocycles. The van der Waals surface area contributed by atoms with Crippen LogP contribution in [0.25, 0.3) is 0 Å². The van der Waals surface area contributed by atoms with Gasteiger partial charge in [-0.1, -0.05) is 44.0 Å². The average Bonchev–Trinajstić information content (AvgIpc) is 2.34. The van der Waals surface area contributed by atoms with Crippen molar-refractivity contribution in [2.24, 2.45) is 11.7 Å². The molecule has 2 atom stereocenters. The summed E-state index contributed by atoms with van der Waals surface area (Å²) in [5.74, 6) is -0.235. The van der Waals surface area contributed by atoms with Gasteiger partial charge in [-0.05, 0) is 23.6 Å². The van der Waals surface area contributed by atoms with Crippen molar-refractivity contribution in [3.8, 4) is 0 Å². The van der Waals surface area contributed by atoms with Crippen molar-refractivity contribution >= 4 is 17.6 Å². The van der Waals surface area contributed by atoms with Crippen LogP contribution in [0.5, 0.6) is 0 Å². The lowest BCUT2D eigenvalue weighted by Crippen LogP contribution is -2.37. The summed E-state index contributed by atoms with van der Waals surface area (Å²) >= 11 is 5.83. The van der Waals surface area contributed by atoms with Gasteiger partial charge in [-0.2, -0.15) is 0 Å². The van der Waals surface area contributed by atoms with Gasteiger partial charge in [0.25, 0.3) is 0 Å². The number of hydrogen-bond donors (Lipinski definition) is 1. The first-order valence-corrected chi connectivity index (χ1v) is 6.09. The normalized spacial score (nSPS) is 14.1. The Bertz CT molecular complexity index is 381. The SMILES string of the molecule is CCC(C)C(N)C(=O)OCc1cccc(Cl)c1. The zero-order valence-corrected chi connectivity index (χ0v) is 10.9. The molecule has 0 bridgehead atoms. The molecule has 3 nitrogen and oxygen atoms in total. The summed E-state index contributed by atoms with van der Waals surface area (Å²) in [7, 11) is 0. The van der Waals surface area contributed by atoms with Gasteiger partial charge in [-0.15, -0.1) is 0 Å². The van der Waals surface area contributed by atoms with Crippen LogP contribution in [0.2, 0.25) is 5.02 Å². The quantitative estimate of drug-likeness (QED) is 0.823. The van der Waals surface area contributed by atoms with Gasteiger partial charge < -0.3 is 10.5 Å². The summed E-state index contributed by atoms with van der Waals surface area (Å²) in [6, 6.07) is 6.66. The second-order valence-corrected chi connectivity index (χ2v) is 4.59. The molecule has 0 fully saturated rings. The Morgan fingerprint density at radius 2 is 2.24 bits per heavy atom. The highest BCUT2D eigenvalue weighted by molar-refractivity contribution is 6.30. The number of ether oxygens (including phenoxy) is 1. The third-order valence-electron chi connectivity index (χ3n) is 2.80. The number of halogens is 1. The first kappa shape index (κ1) is 14.0. The largest absolute Gasteiger partial charge is 0.460 e. The molecule has 2 N–H and O–H groups in total. The van der Waals surface area contributed by atoms with Crippen LogP contribution < -0.4 is 5.73 Å². The van der Waals surface area contributed by atoms with Crippen LogP contribution in [0, 0.1) is 5.92 Å². The Balaban J connectivity index is 2.48. The summed E-state index contributed by atoms with van der Waals surface area (Å²) in [6.45, 7) is 4.14. The molecule has 17 heavy (non-hydrogen) atoms. The first-order valence-electron chi connectivity index (χ1n) is 5.71. The zero-order chi connectivity index (χ0) is 12.8. The van der Waals surface area contributed by atoms with E-state index in [9.17, 15) is 4.79 Å². The van der Waals surface area contributed by atoms with Crippen LogP contribution in [-0.2, 0) is 16.1 Å². The second-order valence-electron chi connectivity index (χ2n) is 4.15. The lowest BCUT2D eigenvalue weighted by molar-refractivity contribution is -0.147. The van der Waals surface area contributed by atoms with E-state index in [0.29, 0.717) is 5.02 Å². The topological polar surface area (TPSA) is 52.3 Å². The van der Waals surface area contributed by atoms with Crippen LogP contribution in [-0.4, -0.2) is 12.0 Å². The summed E-state index contributed by atoms with van der Waals surface area (Å²) in [5.41, 5.74) is 6.63. The molecule has 4 heteroatoms. The van der Waals surface area contributed by atoms with Gasteiger partial charge in [0, 0.05) is 5.02 Å². The molecule has 0 aromatic heterocycles. The number of hydrogen-bond acceptors (Lipinski definition) is 3. The Kier molecular flexibility index (Phi) is 5.45. The van der Waals surface area contributed by atoms with Gasteiger partial charge in [0.2, 0.25) is 0 Å². The first-order chi connectivity index (χ1) is 8.04. The van der Waals surface area contributed by atoms with Crippen LogP contribution in [0.3, 0.4) is 0 Å². The van der Waals surface area contributed by atoms with E-state index in [1.807, 2.05) is 26.0 Å². The van der Waals surface area contributed by atoms with E-state index >= 15 is 0 Å². The maximum atomic E-state index is 11.6. The van der Waals surface area contributed by atoms with Crippen molar-refractivity contribution in [3.63, 3.8) is 0 Å². The highest BCUT2D eigenvalue weighted by atomic mass is 35.5. The minimum atomic E-state index is -0.556. The number of carbonyl (C=O) groups excluding carboxylic acids is 1. The van der Waals surface area contributed by atoms with E-state index in [-0.39, 0.29) is 18.5 Å². The van der Waals surface area contributed by atoms with Crippen molar-refractivity contribution in [1.82, 2.24) is 0 Å². The molecule has 0 radical (unpaired) electrons. The van der Waals surface area contributed by atoms with Crippen LogP contribution in [0.4, 0.5) is 0 Å². The Labute approximate surface area is 107 Å². The van der Waals surface area contributed by atoms with Crippen molar-refractivity contribution in [1.29, 1.82) is 0 Å². The fourth-order valence-corrected chi connectivity index (χ4v) is 1.58. The van der Waals surface area contributed by atoms with Gasteiger partial charge in [0.15, 0.2) is 0 Å². The Hall–Kier alpha value is -1.06. The zero-order valence-electron chi connectivity index (χ0n) is 10.2. The van der Waals surface area contributed by atoms with Crippen molar-refractivity contribution in [3.05, 3.63) is 34.9 Å². The van der Waals surface area contributed by atoms with Crippen LogP contribution >= 0.6 is 11.6 Å². The highest BCUT2D eigenvalue weighted by Crippen LogP contribution is 2.13. The van der Waals surface area contributed by atoms with Gasteiger partial charge in [-0.25, -0.2) is 0 Å². The number of rotatable bonds is 5. The second kappa shape index (κ2) is 6.62. The van der Waals surface area contributed by atoms with Crippen molar-refractivity contribution < 1.29 is 9.53 Å². The van der Waals surface area contributed by atoms with E-state index < -0.39 is 6.04 Å². The Morgan fingerprint density at radius 1 is 1.53 bits per heavy atom. The molecule has 0 aliphatic rings. The molecule has 1 aromatic carbocycles. The molecule has 0 amide bonds. The van der Waals surface area contributed by atoms with Crippen LogP contribution in [0.15, 0.2) is 24.3 Å². The number of esters is 1. The summed E-state index contributed by atoms with van der Waals surface area (Å²) in [4.78, 5) is 11.6. The monoisotopic (exact) mass is 255 g/mol. The maximum Gasteiger partial charge on any atom is 0.323 e. The molecule has 1 rings (SSSR count). The number of nitrogens with two attached hydrogens (primary N) is 1. The fourth-order valence-electron chi connectivity index (χ4n) is 1.36. The highest BCUT2D eigenvalue weighted by Gasteiger charge is 2.20. The number of benzene rings is 1. The van der Waals surface area contributed by atoms with Gasteiger partial charge in [0.05, 0.1) is 0 Å². The molecule has 0 heterocycles. The minimum absolute atomic E-state index is 0.127. The van der Waals surface area contributed by atoms with E-state index in [4.69, 9.17) is 22.1 Å². The molecule has 1 aromatic rings. The molecule has 0 aliphatic heterocycles. The predicted octanol–water partition coefficient (Wildman–Crippen LogP) is 2.76. The standard InChI is InChI=1S/C13H18ClNO2/c1-3-9(2)12(15)13(16)17-8-10-5-4-6-11(14)7-10/h4-7,9,12H,3,8,15H2,1-2H3. The van der Waals surface area contributed by atoms with E-state index in [1.165, 1.54) is 0 Å². The van der Waals surface area contributed by atoms with E-state index in [1.54, 1.807) is 12.1 Å². The van der Waals surface area contributed by atoms with E-state index in [0.717, 1.165) is 12.0 Å². The fraction of sp³-hybridized carbons (Fsp3) is 0.462. The molecule has 2 unspecified atom stereocenters.